The van der Waals surface area contributed by atoms with Gasteiger partial charge in [-0.1, -0.05) is 60.3 Å². The fourth-order valence-electron chi connectivity index (χ4n) is 3.08. The molecule has 0 saturated heterocycles. The van der Waals surface area contributed by atoms with Gasteiger partial charge >= 0.3 is 0 Å². The van der Waals surface area contributed by atoms with E-state index < -0.39 is 0 Å². The lowest BCUT2D eigenvalue weighted by Crippen LogP contribution is -2.15. The van der Waals surface area contributed by atoms with Crippen molar-refractivity contribution in [3.05, 3.63) is 78.1 Å². The summed E-state index contributed by atoms with van der Waals surface area (Å²) < 4.78 is 1.81. The van der Waals surface area contributed by atoms with Crippen LogP contribution in [0.5, 0.6) is 0 Å². The van der Waals surface area contributed by atoms with Gasteiger partial charge in [0, 0.05) is 23.6 Å². The number of carbonyl (C=O) groups excluding carboxylic acids is 1. The van der Waals surface area contributed by atoms with Gasteiger partial charge in [-0.05, 0) is 31.0 Å². The van der Waals surface area contributed by atoms with E-state index in [9.17, 15) is 4.79 Å². The molecule has 0 atom stereocenters. The quantitative estimate of drug-likeness (QED) is 0.502. The van der Waals surface area contributed by atoms with Gasteiger partial charge in [-0.15, -0.1) is 0 Å². The molecule has 5 nitrogen and oxygen atoms in total. The summed E-state index contributed by atoms with van der Waals surface area (Å²) in [6.07, 6.45) is 3.53. The summed E-state index contributed by atoms with van der Waals surface area (Å²) >= 11 is 1.41. The van der Waals surface area contributed by atoms with Crippen molar-refractivity contribution >= 4 is 28.9 Å². The Morgan fingerprint density at radius 1 is 1.07 bits per heavy atom. The van der Waals surface area contributed by atoms with Gasteiger partial charge < -0.3 is 5.32 Å². The molecule has 4 aromatic rings. The average Bonchev–Trinajstić information content (AvgIpc) is 3.15. The summed E-state index contributed by atoms with van der Waals surface area (Å²) in [6, 6.07) is 18.0. The summed E-state index contributed by atoms with van der Waals surface area (Å²) in [5, 5.41) is 8.43. The zero-order valence-electron chi connectivity index (χ0n) is 15.7. The summed E-state index contributed by atoms with van der Waals surface area (Å²) in [5.74, 6) is 0.237. The first-order valence-corrected chi connectivity index (χ1v) is 9.99. The number of rotatable bonds is 5. The minimum Gasteiger partial charge on any atom is -0.325 e. The second kappa shape index (κ2) is 7.86. The molecule has 1 N–H and O–H groups in total. The molecule has 0 unspecified atom stereocenters. The normalized spacial score (nSPS) is 10.9. The number of hydrogen-bond acceptors (Lipinski definition) is 4. The zero-order chi connectivity index (χ0) is 19.5. The number of carbonyl (C=O) groups is 1. The molecule has 0 saturated carbocycles. The van der Waals surface area contributed by atoms with Crippen LogP contribution < -0.4 is 5.32 Å². The number of anilines is 1. The van der Waals surface area contributed by atoms with Gasteiger partial charge in [-0.3, -0.25) is 4.79 Å². The predicted molar refractivity (Wildman–Crippen MR) is 114 cm³/mol. The standard InChI is InChI=1S/C22H20N4OS/c1-15-7-6-8-16(2)21(15)24-20(27)14-28-22-19-13-18(17-9-4-3-5-10-17)25-26(19)12-11-23-22/h3-13H,14H2,1-2H3,(H,24,27). The fraction of sp³-hybridized carbons (Fsp3) is 0.136. The van der Waals surface area contributed by atoms with E-state index >= 15 is 0 Å². The number of benzene rings is 2. The molecule has 0 aliphatic heterocycles. The van der Waals surface area contributed by atoms with Gasteiger partial charge in [0.1, 0.15) is 5.03 Å². The lowest BCUT2D eigenvalue weighted by molar-refractivity contribution is -0.113. The topological polar surface area (TPSA) is 59.3 Å². The van der Waals surface area contributed by atoms with Crippen LogP contribution in [-0.2, 0) is 4.79 Å². The zero-order valence-corrected chi connectivity index (χ0v) is 16.5. The molecule has 0 fully saturated rings. The Hall–Kier alpha value is -3.12. The van der Waals surface area contributed by atoms with Crippen molar-refractivity contribution in [3.63, 3.8) is 0 Å². The maximum Gasteiger partial charge on any atom is 0.234 e. The molecule has 2 aromatic carbocycles. The molecule has 28 heavy (non-hydrogen) atoms. The Bertz CT molecular complexity index is 1120. The Morgan fingerprint density at radius 3 is 2.57 bits per heavy atom. The van der Waals surface area contributed by atoms with E-state index in [1.165, 1.54) is 11.8 Å². The van der Waals surface area contributed by atoms with Gasteiger partial charge in [-0.25, -0.2) is 9.50 Å². The number of amides is 1. The lowest BCUT2D eigenvalue weighted by Gasteiger charge is -2.11. The SMILES string of the molecule is Cc1cccc(C)c1NC(=O)CSc1nccn2nc(-c3ccccc3)cc12. The highest BCUT2D eigenvalue weighted by Crippen LogP contribution is 2.26. The van der Waals surface area contributed by atoms with Gasteiger partial charge in [0.25, 0.3) is 0 Å². The van der Waals surface area contributed by atoms with Crippen LogP contribution in [0.2, 0.25) is 0 Å². The van der Waals surface area contributed by atoms with Crippen molar-refractivity contribution in [3.8, 4) is 11.3 Å². The molecule has 140 valence electrons. The van der Waals surface area contributed by atoms with E-state index in [1.54, 1.807) is 10.7 Å². The first-order chi connectivity index (χ1) is 13.6. The first kappa shape index (κ1) is 18.3. The number of thioether (sulfide) groups is 1. The van der Waals surface area contributed by atoms with Gasteiger partial charge in [-0.2, -0.15) is 5.10 Å². The van der Waals surface area contributed by atoms with Crippen LogP contribution in [0.3, 0.4) is 0 Å². The van der Waals surface area contributed by atoms with E-state index in [0.717, 1.165) is 38.6 Å². The number of nitrogens with zero attached hydrogens (tertiary/aromatic N) is 3. The van der Waals surface area contributed by atoms with Crippen molar-refractivity contribution in [2.75, 3.05) is 11.1 Å². The monoisotopic (exact) mass is 388 g/mol. The third-order valence-electron chi connectivity index (χ3n) is 4.51. The minimum atomic E-state index is -0.0472. The molecule has 0 aliphatic carbocycles. The van der Waals surface area contributed by atoms with E-state index in [0.29, 0.717) is 0 Å². The maximum atomic E-state index is 12.5. The third kappa shape index (κ3) is 3.77. The number of fused-ring (bicyclic) bond motifs is 1. The summed E-state index contributed by atoms with van der Waals surface area (Å²) in [6.45, 7) is 3.99. The van der Waals surface area contributed by atoms with Gasteiger partial charge in [0.05, 0.1) is 17.0 Å². The van der Waals surface area contributed by atoms with Crippen LogP contribution in [0.25, 0.3) is 16.8 Å². The van der Waals surface area contributed by atoms with E-state index in [4.69, 9.17) is 0 Å². The van der Waals surface area contributed by atoms with Crippen molar-refractivity contribution in [1.82, 2.24) is 14.6 Å². The highest BCUT2D eigenvalue weighted by molar-refractivity contribution is 8.00. The smallest absolute Gasteiger partial charge is 0.234 e. The van der Waals surface area contributed by atoms with E-state index in [2.05, 4.69) is 15.4 Å². The predicted octanol–water partition coefficient (Wildman–Crippen LogP) is 4.74. The molecule has 0 aliphatic rings. The van der Waals surface area contributed by atoms with Crippen molar-refractivity contribution in [2.24, 2.45) is 0 Å². The Labute approximate surface area is 167 Å². The summed E-state index contributed by atoms with van der Waals surface area (Å²) in [7, 11) is 0. The Morgan fingerprint density at radius 2 is 1.82 bits per heavy atom. The number of nitrogens with one attached hydrogen (secondary N) is 1. The van der Waals surface area contributed by atoms with Crippen molar-refractivity contribution < 1.29 is 4.79 Å². The van der Waals surface area contributed by atoms with Crippen molar-refractivity contribution in [2.45, 2.75) is 18.9 Å². The molecule has 1 amide bonds. The van der Waals surface area contributed by atoms with E-state index in [1.807, 2.05) is 74.6 Å². The molecule has 0 spiro atoms. The molecular weight excluding hydrogens is 368 g/mol. The van der Waals surface area contributed by atoms with Crippen molar-refractivity contribution in [1.29, 1.82) is 0 Å². The number of hydrogen-bond donors (Lipinski definition) is 1. The van der Waals surface area contributed by atoms with Crippen LogP contribution in [0.4, 0.5) is 5.69 Å². The van der Waals surface area contributed by atoms with Crippen LogP contribution >= 0.6 is 11.8 Å². The highest BCUT2D eigenvalue weighted by atomic mass is 32.2. The minimum absolute atomic E-state index is 0.0472. The third-order valence-corrected chi connectivity index (χ3v) is 5.50. The molecule has 4 rings (SSSR count). The number of aryl methyl sites for hydroxylation is 2. The molecule has 6 heteroatoms. The van der Waals surface area contributed by atoms with E-state index in [-0.39, 0.29) is 11.7 Å². The Balaban J connectivity index is 1.52. The largest absolute Gasteiger partial charge is 0.325 e. The number of para-hydroxylation sites is 1. The van der Waals surface area contributed by atoms with Crippen LogP contribution in [0.15, 0.2) is 72.0 Å². The lowest BCUT2D eigenvalue weighted by atomic mass is 10.1. The second-order valence-electron chi connectivity index (χ2n) is 6.56. The molecule has 0 bridgehead atoms. The fourth-order valence-corrected chi connectivity index (χ4v) is 3.86. The van der Waals surface area contributed by atoms with Crippen LogP contribution in [0, 0.1) is 13.8 Å². The average molecular weight is 388 g/mol. The Kier molecular flexibility index (Phi) is 5.12. The second-order valence-corrected chi connectivity index (χ2v) is 7.53. The molecule has 0 radical (unpaired) electrons. The van der Waals surface area contributed by atoms with Crippen LogP contribution in [0.1, 0.15) is 11.1 Å². The van der Waals surface area contributed by atoms with Crippen LogP contribution in [-0.4, -0.2) is 26.3 Å². The molecular formula is C22H20N4OS. The van der Waals surface area contributed by atoms with Gasteiger partial charge in [0.15, 0.2) is 0 Å². The highest BCUT2D eigenvalue weighted by Gasteiger charge is 2.12. The first-order valence-electron chi connectivity index (χ1n) is 9.00. The molecule has 2 aromatic heterocycles. The maximum absolute atomic E-state index is 12.5. The molecule has 2 heterocycles. The summed E-state index contributed by atoms with van der Waals surface area (Å²) in [5.41, 5.74) is 5.83. The summed E-state index contributed by atoms with van der Waals surface area (Å²) in [4.78, 5) is 16.9. The van der Waals surface area contributed by atoms with Gasteiger partial charge in [0.2, 0.25) is 5.91 Å². The number of aromatic nitrogens is 3.